The van der Waals surface area contributed by atoms with Gasteiger partial charge >= 0.3 is 0 Å². The summed E-state index contributed by atoms with van der Waals surface area (Å²) in [4.78, 5) is 2.72. The molecule has 26 heavy (non-hydrogen) atoms. The smallest absolute Gasteiger partial charge is 0.122 e. The second-order valence-electron chi connectivity index (χ2n) is 8.65. The summed E-state index contributed by atoms with van der Waals surface area (Å²) in [5.41, 5.74) is 1.30. The standard InChI is InChI=1S/C23H36ClNO/c1-4-18(19-7-5-17(2)6-8-19)16-25-13-11-20(12-14-25)22-15-21(24)9-10-23(22)26-3/h9-10,15,17-20H,4-8,11-14,16H2,1-3H3. The molecule has 2 fully saturated rings. The summed E-state index contributed by atoms with van der Waals surface area (Å²) in [6.45, 7) is 8.53. The lowest BCUT2D eigenvalue weighted by atomic mass is 9.75. The van der Waals surface area contributed by atoms with E-state index in [1.807, 2.05) is 12.1 Å². The highest BCUT2D eigenvalue weighted by atomic mass is 35.5. The summed E-state index contributed by atoms with van der Waals surface area (Å²) in [6.07, 6.45) is 9.56. The fraction of sp³-hybridized carbons (Fsp3) is 0.739. The molecule has 0 radical (unpaired) electrons. The zero-order valence-electron chi connectivity index (χ0n) is 16.8. The van der Waals surface area contributed by atoms with Crippen molar-refractivity contribution in [2.75, 3.05) is 26.7 Å². The minimum Gasteiger partial charge on any atom is -0.496 e. The number of piperidine rings is 1. The first-order valence-corrected chi connectivity index (χ1v) is 11.0. The number of ether oxygens (including phenoxy) is 1. The molecule has 0 amide bonds. The van der Waals surface area contributed by atoms with Gasteiger partial charge in [-0.25, -0.2) is 0 Å². The van der Waals surface area contributed by atoms with E-state index in [0.29, 0.717) is 5.92 Å². The van der Waals surface area contributed by atoms with Crippen molar-refractivity contribution in [3.05, 3.63) is 28.8 Å². The van der Waals surface area contributed by atoms with E-state index in [0.717, 1.165) is 28.5 Å². The van der Waals surface area contributed by atoms with Crippen LogP contribution in [0, 0.1) is 17.8 Å². The number of hydrogen-bond acceptors (Lipinski definition) is 2. The van der Waals surface area contributed by atoms with Gasteiger partial charge in [0.1, 0.15) is 5.75 Å². The maximum absolute atomic E-state index is 6.24. The number of halogens is 1. The third-order valence-corrected chi connectivity index (χ3v) is 7.20. The molecule has 1 aromatic rings. The van der Waals surface area contributed by atoms with Crippen LogP contribution in [-0.4, -0.2) is 31.6 Å². The summed E-state index contributed by atoms with van der Waals surface area (Å²) in [5.74, 6) is 4.37. The summed E-state index contributed by atoms with van der Waals surface area (Å²) >= 11 is 6.24. The van der Waals surface area contributed by atoms with Crippen LogP contribution in [0.2, 0.25) is 5.02 Å². The maximum Gasteiger partial charge on any atom is 0.122 e. The highest BCUT2D eigenvalue weighted by molar-refractivity contribution is 6.30. The van der Waals surface area contributed by atoms with E-state index in [9.17, 15) is 0 Å². The van der Waals surface area contributed by atoms with Crippen LogP contribution in [0.15, 0.2) is 18.2 Å². The van der Waals surface area contributed by atoms with Crippen molar-refractivity contribution in [1.29, 1.82) is 0 Å². The molecule has 1 aliphatic carbocycles. The van der Waals surface area contributed by atoms with Crippen molar-refractivity contribution < 1.29 is 4.74 Å². The lowest BCUT2D eigenvalue weighted by Crippen LogP contribution is -2.39. The summed E-state index contributed by atoms with van der Waals surface area (Å²) in [6, 6.07) is 6.05. The van der Waals surface area contributed by atoms with E-state index in [1.165, 1.54) is 70.1 Å². The first-order chi connectivity index (χ1) is 12.6. The second kappa shape index (κ2) is 9.46. The molecule has 1 saturated heterocycles. The Labute approximate surface area is 165 Å². The molecule has 3 rings (SSSR count). The monoisotopic (exact) mass is 377 g/mol. The first-order valence-electron chi connectivity index (χ1n) is 10.7. The van der Waals surface area contributed by atoms with Crippen molar-refractivity contribution >= 4 is 11.6 Å². The molecule has 0 aromatic heterocycles. The van der Waals surface area contributed by atoms with E-state index >= 15 is 0 Å². The summed E-state index contributed by atoms with van der Waals surface area (Å²) in [7, 11) is 1.76. The molecule has 1 heterocycles. The third-order valence-electron chi connectivity index (χ3n) is 6.96. The zero-order valence-corrected chi connectivity index (χ0v) is 17.6. The zero-order chi connectivity index (χ0) is 18.5. The minimum absolute atomic E-state index is 0.579. The van der Waals surface area contributed by atoms with E-state index < -0.39 is 0 Å². The van der Waals surface area contributed by atoms with Gasteiger partial charge in [-0.1, -0.05) is 44.7 Å². The van der Waals surface area contributed by atoms with Gasteiger partial charge in [0.15, 0.2) is 0 Å². The van der Waals surface area contributed by atoms with Crippen LogP contribution in [0.1, 0.15) is 70.3 Å². The Hall–Kier alpha value is -0.730. The van der Waals surface area contributed by atoms with Crippen LogP contribution in [0.3, 0.4) is 0 Å². The Balaban J connectivity index is 1.54. The van der Waals surface area contributed by atoms with Crippen LogP contribution >= 0.6 is 11.6 Å². The van der Waals surface area contributed by atoms with E-state index in [1.54, 1.807) is 7.11 Å². The largest absolute Gasteiger partial charge is 0.496 e. The Morgan fingerprint density at radius 2 is 1.81 bits per heavy atom. The Bertz CT molecular complexity index is 559. The Kier molecular flexibility index (Phi) is 7.28. The highest BCUT2D eigenvalue weighted by Gasteiger charge is 2.29. The van der Waals surface area contributed by atoms with Gasteiger partial charge in [-0.05, 0) is 86.2 Å². The number of methoxy groups -OCH3 is 1. The normalized spacial score (nSPS) is 26.6. The molecule has 0 spiro atoms. The summed E-state index contributed by atoms with van der Waals surface area (Å²) in [5, 5.41) is 0.820. The van der Waals surface area contributed by atoms with Crippen LogP contribution in [0.4, 0.5) is 0 Å². The van der Waals surface area contributed by atoms with Crippen LogP contribution in [0.5, 0.6) is 5.75 Å². The molecule has 146 valence electrons. The molecule has 2 aliphatic rings. The van der Waals surface area contributed by atoms with Crippen molar-refractivity contribution in [2.24, 2.45) is 17.8 Å². The van der Waals surface area contributed by atoms with E-state index in [4.69, 9.17) is 16.3 Å². The van der Waals surface area contributed by atoms with Crippen molar-refractivity contribution in [2.45, 2.75) is 64.7 Å². The molecular formula is C23H36ClNO. The van der Waals surface area contributed by atoms with E-state index in [2.05, 4.69) is 24.8 Å². The molecular weight excluding hydrogens is 342 g/mol. The van der Waals surface area contributed by atoms with Gasteiger partial charge in [-0.2, -0.15) is 0 Å². The molecule has 1 aliphatic heterocycles. The second-order valence-corrected chi connectivity index (χ2v) is 9.09. The SMILES string of the molecule is CCC(CN1CCC(c2cc(Cl)ccc2OC)CC1)C1CCC(C)CC1. The number of benzene rings is 1. The molecule has 1 aromatic carbocycles. The minimum atomic E-state index is 0.579. The van der Waals surface area contributed by atoms with Gasteiger partial charge in [-0.3, -0.25) is 0 Å². The van der Waals surface area contributed by atoms with Gasteiger partial charge in [0.25, 0.3) is 0 Å². The van der Waals surface area contributed by atoms with Gasteiger partial charge < -0.3 is 9.64 Å². The molecule has 3 heteroatoms. The number of likely N-dealkylation sites (tertiary alicyclic amines) is 1. The summed E-state index contributed by atoms with van der Waals surface area (Å²) < 4.78 is 5.58. The quantitative estimate of drug-likeness (QED) is 0.570. The fourth-order valence-electron chi connectivity index (χ4n) is 5.15. The Morgan fingerprint density at radius 3 is 2.42 bits per heavy atom. The average molecular weight is 378 g/mol. The van der Waals surface area contributed by atoms with Crippen molar-refractivity contribution in [3.63, 3.8) is 0 Å². The van der Waals surface area contributed by atoms with Gasteiger partial charge in [0, 0.05) is 11.6 Å². The van der Waals surface area contributed by atoms with Gasteiger partial charge in [0.05, 0.1) is 7.11 Å². The number of hydrogen-bond donors (Lipinski definition) is 0. The Morgan fingerprint density at radius 1 is 1.12 bits per heavy atom. The molecule has 1 unspecified atom stereocenters. The lowest BCUT2D eigenvalue weighted by Gasteiger charge is -2.38. The molecule has 1 atom stereocenters. The van der Waals surface area contributed by atoms with E-state index in [-0.39, 0.29) is 0 Å². The first kappa shape index (κ1) is 20.0. The maximum atomic E-state index is 6.24. The predicted molar refractivity (Wildman–Crippen MR) is 111 cm³/mol. The highest BCUT2D eigenvalue weighted by Crippen LogP contribution is 2.38. The van der Waals surface area contributed by atoms with Crippen LogP contribution in [-0.2, 0) is 0 Å². The lowest BCUT2D eigenvalue weighted by molar-refractivity contribution is 0.126. The van der Waals surface area contributed by atoms with Gasteiger partial charge in [-0.15, -0.1) is 0 Å². The number of nitrogens with zero attached hydrogens (tertiary/aromatic N) is 1. The van der Waals surface area contributed by atoms with Crippen molar-refractivity contribution in [1.82, 2.24) is 4.90 Å². The van der Waals surface area contributed by atoms with Crippen LogP contribution in [0.25, 0.3) is 0 Å². The average Bonchev–Trinajstić information content (AvgIpc) is 2.67. The number of rotatable bonds is 6. The molecule has 0 bridgehead atoms. The van der Waals surface area contributed by atoms with Crippen LogP contribution < -0.4 is 4.74 Å². The predicted octanol–water partition coefficient (Wildman–Crippen LogP) is 6.38. The van der Waals surface area contributed by atoms with Crippen molar-refractivity contribution in [3.8, 4) is 5.75 Å². The topological polar surface area (TPSA) is 12.5 Å². The molecule has 2 nitrogen and oxygen atoms in total. The third kappa shape index (κ3) is 4.95. The fourth-order valence-corrected chi connectivity index (χ4v) is 5.33. The van der Waals surface area contributed by atoms with Gasteiger partial charge in [0.2, 0.25) is 0 Å². The molecule has 1 saturated carbocycles. The molecule has 0 N–H and O–H groups in total.